The molecule has 0 bridgehead atoms. The lowest BCUT2D eigenvalue weighted by atomic mass is 9.78. The number of fused-ring (bicyclic) bond motifs is 1. The first-order chi connectivity index (χ1) is 15.1. The summed E-state index contributed by atoms with van der Waals surface area (Å²) in [4.78, 5) is 22.5. The molecule has 2 heterocycles. The summed E-state index contributed by atoms with van der Waals surface area (Å²) in [5.41, 5.74) is 5.98. The predicted octanol–water partition coefficient (Wildman–Crippen LogP) is 6.73. The lowest BCUT2D eigenvalue weighted by Gasteiger charge is -2.50. The molecule has 0 aromatic heterocycles. The molecule has 0 saturated carbocycles. The van der Waals surface area contributed by atoms with E-state index in [4.69, 9.17) is 0 Å². The van der Waals surface area contributed by atoms with Gasteiger partial charge in [0, 0.05) is 24.3 Å². The molecule has 0 spiro atoms. The van der Waals surface area contributed by atoms with Crippen molar-refractivity contribution >= 4 is 40.3 Å². The summed E-state index contributed by atoms with van der Waals surface area (Å²) >= 11 is 1.45. The quantitative estimate of drug-likeness (QED) is 0.489. The van der Waals surface area contributed by atoms with Crippen molar-refractivity contribution in [3.63, 3.8) is 0 Å². The van der Waals surface area contributed by atoms with Gasteiger partial charge in [-0.3, -0.25) is 9.69 Å². The first kappa shape index (κ1) is 22.7. The lowest BCUT2D eigenvalue weighted by Crippen LogP contribution is -2.51. The van der Waals surface area contributed by atoms with Crippen LogP contribution in [0.2, 0.25) is 0 Å². The van der Waals surface area contributed by atoms with E-state index < -0.39 is 0 Å². The molecule has 2 aromatic rings. The zero-order chi connectivity index (χ0) is 23.2. The van der Waals surface area contributed by atoms with Crippen LogP contribution >= 0.6 is 11.8 Å². The van der Waals surface area contributed by atoms with Crippen LogP contribution in [0.4, 0.5) is 11.4 Å². The third kappa shape index (κ3) is 4.11. The topological polar surface area (TPSA) is 35.9 Å². The van der Waals surface area contributed by atoms with Crippen LogP contribution in [0.15, 0.2) is 52.4 Å². The number of carbonyl (C=O) groups is 1. The third-order valence-electron chi connectivity index (χ3n) is 6.45. The molecule has 168 valence electrons. The SMILES string of the molecule is Cc1cc2c(cc1/C=C1\SC(=Nc3ccccc3)N(C)C1=O)[C@H](C)CC(C)(C)N2C(C)C. The second-order valence-electron chi connectivity index (χ2n) is 9.85. The van der Waals surface area contributed by atoms with E-state index in [9.17, 15) is 4.79 Å². The van der Waals surface area contributed by atoms with Crippen molar-refractivity contribution < 1.29 is 4.79 Å². The number of thioether (sulfide) groups is 1. The molecule has 1 saturated heterocycles. The van der Waals surface area contributed by atoms with Gasteiger partial charge >= 0.3 is 0 Å². The van der Waals surface area contributed by atoms with E-state index in [1.807, 2.05) is 36.4 Å². The Morgan fingerprint density at radius 2 is 1.88 bits per heavy atom. The number of anilines is 1. The molecule has 1 fully saturated rings. The maximum absolute atomic E-state index is 12.9. The Morgan fingerprint density at radius 1 is 1.19 bits per heavy atom. The van der Waals surface area contributed by atoms with Gasteiger partial charge in [0.05, 0.1) is 10.6 Å². The number of aliphatic imine (C=N–C) groups is 1. The molecule has 1 atom stereocenters. The van der Waals surface area contributed by atoms with Gasteiger partial charge in [0.1, 0.15) is 0 Å². The summed E-state index contributed by atoms with van der Waals surface area (Å²) in [7, 11) is 1.79. The second-order valence-corrected chi connectivity index (χ2v) is 10.9. The Kier molecular flexibility index (Phi) is 5.97. The standard InChI is InChI=1S/C27H33N3OS/c1-17(2)30-23-13-18(3)20(14-22(23)19(4)16-27(30,5)6)15-24-25(31)29(7)26(32-24)28-21-11-9-8-10-12-21/h8-15,17,19H,16H2,1-7H3/b24-15-,28-26?/t19-/m1/s1. The number of para-hydroxylation sites is 1. The molecule has 5 heteroatoms. The molecule has 1 amide bonds. The largest absolute Gasteiger partial charge is 0.364 e. The molecular weight excluding hydrogens is 414 g/mol. The van der Waals surface area contributed by atoms with Crippen LogP contribution in [0.1, 0.15) is 63.6 Å². The van der Waals surface area contributed by atoms with E-state index in [0.29, 0.717) is 17.1 Å². The van der Waals surface area contributed by atoms with Crippen LogP contribution in [-0.4, -0.2) is 34.6 Å². The van der Waals surface area contributed by atoms with Crippen LogP contribution in [0.5, 0.6) is 0 Å². The fraction of sp³-hybridized carbons (Fsp3) is 0.407. The smallest absolute Gasteiger partial charge is 0.266 e. The van der Waals surface area contributed by atoms with Gasteiger partial charge in [-0.1, -0.05) is 25.1 Å². The highest BCUT2D eigenvalue weighted by molar-refractivity contribution is 8.18. The number of hydrogen-bond acceptors (Lipinski definition) is 4. The lowest BCUT2D eigenvalue weighted by molar-refractivity contribution is -0.121. The Bertz CT molecular complexity index is 1100. The molecule has 32 heavy (non-hydrogen) atoms. The van der Waals surface area contributed by atoms with Gasteiger partial charge in [0.25, 0.3) is 5.91 Å². The molecule has 2 aromatic carbocycles. The maximum atomic E-state index is 12.9. The van der Waals surface area contributed by atoms with Gasteiger partial charge in [-0.25, -0.2) is 4.99 Å². The summed E-state index contributed by atoms with van der Waals surface area (Å²) in [6.07, 6.45) is 3.15. The summed E-state index contributed by atoms with van der Waals surface area (Å²) < 4.78 is 0. The monoisotopic (exact) mass is 447 g/mol. The first-order valence-electron chi connectivity index (χ1n) is 11.3. The van der Waals surface area contributed by atoms with Gasteiger partial charge in [-0.2, -0.15) is 0 Å². The summed E-state index contributed by atoms with van der Waals surface area (Å²) in [5, 5.41) is 0.712. The van der Waals surface area contributed by atoms with Gasteiger partial charge in [0.15, 0.2) is 5.17 Å². The number of hydrogen-bond donors (Lipinski definition) is 0. The minimum atomic E-state index is -0.000194. The van der Waals surface area contributed by atoms with Gasteiger partial charge in [0.2, 0.25) is 0 Å². The minimum Gasteiger partial charge on any atom is -0.364 e. The first-order valence-corrected chi connectivity index (χ1v) is 12.2. The van der Waals surface area contributed by atoms with Crippen molar-refractivity contribution in [1.82, 2.24) is 4.90 Å². The number of likely N-dealkylation sites (N-methyl/N-ethyl adjacent to an activating group) is 1. The van der Waals surface area contributed by atoms with Crippen LogP contribution < -0.4 is 4.90 Å². The van der Waals surface area contributed by atoms with E-state index in [0.717, 1.165) is 22.6 Å². The molecule has 2 aliphatic heterocycles. The second kappa shape index (κ2) is 8.43. The van der Waals surface area contributed by atoms with E-state index in [2.05, 4.69) is 63.6 Å². The van der Waals surface area contributed by atoms with Crippen molar-refractivity contribution in [1.29, 1.82) is 0 Å². The predicted molar refractivity (Wildman–Crippen MR) is 138 cm³/mol. The number of amides is 1. The summed E-state index contributed by atoms with van der Waals surface area (Å²) in [5.74, 6) is 0.470. The molecule has 4 rings (SSSR count). The van der Waals surface area contributed by atoms with Crippen molar-refractivity contribution in [2.75, 3.05) is 11.9 Å². The number of aryl methyl sites for hydroxylation is 1. The Labute approximate surface area is 196 Å². The average Bonchev–Trinajstić information content (AvgIpc) is 2.97. The maximum Gasteiger partial charge on any atom is 0.266 e. The minimum absolute atomic E-state index is 0.000194. The van der Waals surface area contributed by atoms with Gasteiger partial charge in [-0.15, -0.1) is 0 Å². The highest BCUT2D eigenvalue weighted by Gasteiger charge is 2.38. The normalized spacial score (nSPS) is 22.9. The third-order valence-corrected chi connectivity index (χ3v) is 7.51. The molecule has 4 nitrogen and oxygen atoms in total. The van der Waals surface area contributed by atoms with Crippen molar-refractivity contribution in [3.8, 4) is 0 Å². The van der Waals surface area contributed by atoms with E-state index in [1.165, 1.54) is 28.6 Å². The molecule has 0 radical (unpaired) electrons. The Hall–Kier alpha value is -2.53. The average molecular weight is 448 g/mol. The number of nitrogens with zero attached hydrogens (tertiary/aromatic N) is 3. The number of rotatable bonds is 3. The molecule has 0 N–H and O–H groups in total. The van der Waals surface area contributed by atoms with Crippen LogP contribution in [0.25, 0.3) is 6.08 Å². The Morgan fingerprint density at radius 3 is 2.53 bits per heavy atom. The van der Waals surface area contributed by atoms with E-state index in [-0.39, 0.29) is 11.4 Å². The highest BCUT2D eigenvalue weighted by atomic mass is 32.2. The van der Waals surface area contributed by atoms with Crippen LogP contribution in [-0.2, 0) is 4.79 Å². The zero-order valence-corrected chi connectivity index (χ0v) is 21.0. The number of carbonyl (C=O) groups excluding carboxylic acids is 1. The highest BCUT2D eigenvalue weighted by Crippen LogP contribution is 2.46. The van der Waals surface area contributed by atoms with Crippen LogP contribution in [0.3, 0.4) is 0 Å². The molecule has 0 unspecified atom stereocenters. The molecule has 2 aliphatic rings. The fourth-order valence-electron chi connectivity index (χ4n) is 5.15. The number of amidine groups is 1. The fourth-order valence-corrected chi connectivity index (χ4v) is 6.13. The van der Waals surface area contributed by atoms with Crippen molar-refractivity contribution in [2.24, 2.45) is 4.99 Å². The zero-order valence-electron chi connectivity index (χ0n) is 20.1. The summed E-state index contributed by atoms with van der Waals surface area (Å²) in [6, 6.07) is 14.8. The van der Waals surface area contributed by atoms with Crippen molar-refractivity contribution in [2.45, 2.75) is 65.5 Å². The summed E-state index contributed by atoms with van der Waals surface area (Å²) in [6.45, 7) is 13.7. The van der Waals surface area contributed by atoms with Gasteiger partial charge in [-0.05, 0) is 106 Å². The van der Waals surface area contributed by atoms with E-state index >= 15 is 0 Å². The Balaban J connectivity index is 1.72. The van der Waals surface area contributed by atoms with E-state index in [1.54, 1.807) is 11.9 Å². The van der Waals surface area contributed by atoms with Gasteiger partial charge < -0.3 is 4.90 Å². The number of benzene rings is 2. The van der Waals surface area contributed by atoms with Crippen molar-refractivity contribution in [3.05, 3.63) is 64.1 Å². The molecular formula is C27H33N3OS. The molecule has 0 aliphatic carbocycles. The van der Waals surface area contributed by atoms with Crippen LogP contribution in [0, 0.1) is 6.92 Å².